The molecular weight excluding hydrogens is 256 g/mol. The van der Waals surface area contributed by atoms with E-state index in [0.29, 0.717) is 5.69 Å². The van der Waals surface area contributed by atoms with E-state index in [2.05, 4.69) is 15.7 Å². The molecule has 2 amide bonds. The van der Waals surface area contributed by atoms with Gasteiger partial charge in [-0.3, -0.25) is 14.3 Å². The van der Waals surface area contributed by atoms with Gasteiger partial charge in [-0.2, -0.15) is 5.10 Å². The lowest BCUT2D eigenvalue weighted by Crippen LogP contribution is -2.42. The van der Waals surface area contributed by atoms with Crippen LogP contribution in [0.2, 0.25) is 0 Å². The van der Waals surface area contributed by atoms with Gasteiger partial charge in [0.15, 0.2) is 0 Å². The van der Waals surface area contributed by atoms with Crippen LogP contribution in [0.4, 0.5) is 0 Å². The number of nitrogens with zero attached hydrogens (tertiary/aromatic N) is 2. The standard InChI is InChI=1S/C14H22N4O2/c1-10-8-12(18(2)17-10)14(20)15-9-13(19)16-11-6-4-3-5-7-11/h8,11H,3-7,9H2,1-2H3,(H,15,20)(H,16,19). The molecule has 0 saturated heterocycles. The maximum Gasteiger partial charge on any atom is 0.269 e. The summed E-state index contributed by atoms with van der Waals surface area (Å²) < 4.78 is 1.52. The van der Waals surface area contributed by atoms with Crippen LogP contribution in [0.15, 0.2) is 6.07 Å². The predicted molar refractivity (Wildman–Crippen MR) is 75.3 cm³/mol. The Morgan fingerprint density at radius 1 is 1.35 bits per heavy atom. The SMILES string of the molecule is Cc1cc(C(=O)NCC(=O)NC2CCCCC2)n(C)n1. The summed E-state index contributed by atoms with van der Waals surface area (Å²) in [6.07, 6.45) is 5.68. The van der Waals surface area contributed by atoms with E-state index in [1.807, 2.05) is 6.92 Å². The zero-order chi connectivity index (χ0) is 14.5. The van der Waals surface area contributed by atoms with Crippen molar-refractivity contribution in [3.63, 3.8) is 0 Å². The number of rotatable bonds is 4. The van der Waals surface area contributed by atoms with Crippen molar-refractivity contribution in [1.29, 1.82) is 0 Å². The molecule has 6 heteroatoms. The van der Waals surface area contributed by atoms with E-state index >= 15 is 0 Å². The summed E-state index contributed by atoms with van der Waals surface area (Å²) in [7, 11) is 1.71. The maximum atomic E-state index is 11.9. The summed E-state index contributed by atoms with van der Waals surface area (Å²) >= 11 is 0. The molecule has 0 spiro atoms. The van der Waals surface area contributed by atoms with E-state index in [4.69, 9.17) is 0 Å². The van der Waals surface area contributed by atoms with Crippen LogP contribution < -0.4 is 10.6 Å². The molecule has 0 atom stereocenters. The molecule has 6 nitrogen and oxygen atoms in total. The van der Waals surface area contributed by atoms with Crippen molar-refractivity contribution in [3.05, 3.63) is 17.5 Å². The van der Waals surface area contributed by atoms with E-state index in [1.165, 1.54) is 23.9 Å². The summed E-state index contributed by atoms with van der Waals surface area (Å²) in [5, 5.41) is 9.71. The second-order valence-electron chi connectivity index (χ2n) is 5.38. The van der Waals surface area contributed by atoms with Gasteiger partial charge in [-0.05, 0) is 25.8 Å². The van der Waals surface area contributed by atoms with Crippen LogP contribution in [0.1, 0.15) is 48.3 Å². The van der Waals surface area contributed by atoms with Gasteiger partial charge in [-0.1, -0.05) is 19.3 Å². The number of amides is 2. The monoisotopic (exact) mass is 278 g/mol. The van der Waals surface area contributed by atoms with Gasteiger partial charge in [0.25, 0.3) is 5.91 Å². The van der Waals surface area contributed by atoms with Gasteiger partial charge in [-0.15, -0.1) is 0 Å². The Morgan fingerprint density at radius 3 is 2.65 bits per heavy atom. The van der Waals surface area contributed by atoms with Crippen molar-refractivity contribution < 1.29 is 9.59 Å². The zero-order valence-corrected chi connectivity index (χ0v) is 12.1. The number of nitrogens with one attached hydrogen (secondary N) is 2. The Balaban J connectivity index is 1.78. The molecule has 1 aromatic heterocycles. The molecule has 1 aromatic rings. The second kappa shape index (κ2) is 6.54. The quantitative estimate of drug-likeness (QED) is 0.859. The first-order chi connectivity index (χ1) is 9.56. The van der Waals surface area contributed by atoms with E-state index in [9.17, 15) is 9.59 Å². The molecule has 20 heavy (non-hydrogen) atoms. The average molecular weight is 278 g/mol. The van der Waals surface area contributed by atoms with Gasteiger partial charge >= 0.3 is 0 Å². The van der Waals surface area contributed by atoms with Crippen molar-refractivity contribution in [2.45, 2.75) is 45.1 Å². The highest BCUT2D eigenvalue weighted by Crippen LogP contribution is 2.17. The van der Waals surface area contributed by atoms with Gasteiger partial charge in [-0.25, -0.2) is 0 Å². The van der Waals surface area contributed by atoms with E-state index in [-0.39, 0.29) is 24.4 Å². The van der Waals surface area contributed by atoms with Gasteiger partial charge in [0.2, 0.25) is 5.91 Å². The van der Waals surface area contributed by atoms with Crippen LogP contribution in [0.5, 0.6) is 0 Å². The third-order valence-electron chi connectivity index (χ3n) is 3.61. The molecule has 1 fully saturated rings. The normalized spacial score (nSPS) is 15.9. The molecule has 0 radical (unpaired) electrons. The molecule has 1 saturated carbocycles. The largest absolute Gasteiger partial charge is 0.352 e. The minimum atomic E-state index is -0.271. The lowest BCUT2D eigenvalue weighted by atomic mass is 9.95. The third kappa shape index (κ3) is 3.82. The van der Waals surface area contributed by atoms with Crippen LogP contribution in [0.25, 0.3) is 0 Å². The molecule has 0 aromatic carbocycles. The van der Waals surface area contributed by atoms with Crippen LogP contribution in [-0.2, 0) is 11.8 Å². The smallest absolute Gasteiger partial charge is 0.269 e. The maximum absolute atomic E-state index is 11.9. The average Bonchev–Trinajstić information content (AvgIpc) is 2.76. The zero-order valence-electron chi connectivity index (χ0n) is 12.1. The highest BCUT2D eigenvalue weighted by Gasteiger charge is 2.17. The van der Waals surface area contributed by atoms with E-state index in [0.717, 1.165) is 18.5 Å². The lowest BCUT2D eigenvalue weighted by Gasteiger charge is -2.22. The summed E-state index contributed by atoms with van der Waals surface area (Å²) in [5.74, 6) is -0.393. The Labute approximate surface area is 118 Å². The van der Waals surface area contributed by atoms with Crippen molar-refractivity contribution >= 4 is 11.8 Å². The van der Waals surface area contributed by atoms with Gasteiger partial charge in [0.1, 0.15) is 5.69 Å². The highest BCUT2D eigenvalue weighted by atomic mass is 16.2. The van der Waals surface area contributed by atoms with Gasteiger partial charge in [0.05, 0.1) is 12.2 Å². The van der Waals surface area contributed by atoms with Crippen molar-refractivity contribution in [2.75, 3.05) is 6.54 Å². The summed E-state index contributed by atoms with van der Waals surface area (Å²) in [5.41, 5.74) is 1.25. The first-order valence-electron chi connectivity index (χ1n) is 7.14. The first-order valence-corrected chi connectivity index (χ1v) is 7.14. The highest BCUT2D eigenvalue weighted by molar-refractivity contribution is 5.95. The Hall–Kier alpha value is -1.85. The molecule has 2 N–H and O–H groups in total. The van der Waals surface area contributed by atoms with Gasteiger partial charge < -0.3 is 10.6 Å². The molecule has 1 aliphatic rings. The number of aromatic nitrogens is 2. The Morgan fingerprint density at radius 2 is 2.05 bits per heavy atom. The van der Waals surface area contributed by atoms with Crippen LogP contribution in [0.3, 0.4) is 0 Å². The molecule has 1 heterocycles. The lowest BCUT2D eigenvalue weighted by molar-refractivity contribution is -0.121. The number of carbonyl (C=O) groups excluding carboxylic acids is 2. The first kappa shape index (κ1) is 14.6. The Kier molecular flexibility index (Phi) is 4.76. The van der Waals surface area contributed by atoms with Gasteiger partial charge in [0, 0.05) is 13.1 Å². The van der Waals surface area contributed by atoms with Crippen molar-refractivity contribution in [1.82, 2.24) is 20.4 Å². The molecule has 0 aliphatic heterocycles. The number of hydrogen-bond acceptors (Lipinski definition) is 3. The molecule has 1 aliphatic carbocycles. The molecular formula is C14H22N4O2. The number of hydrogen-bond donors (Lipinski definition) is 2. The minimum absolute atomic E-state index is 0.0135. The van der Waals surface area contributed by atoms with Crippen LogP contribution >= 0.6 is 0 Å². The second-order valence-corrected chi connectivity index (χ2v) is 5.38. The van der Waals surface area contributed by atoms with Crippen LogP contribution in [0, 0.1) is 6.92 Å². The van der Waals surface area contributed by atoms with Crippen molar-refractivity contribution in [3.8, 4) is 0 Å². The fourth-order valence-electron chi connectivity index (χ4n) is 2.60. The number of aryl methyl sites for hydroxylation is 2. The molecule has 0 bridgehead atoms. The topological polar surface area (TPSA) is 76.0 Å². The Bertz CT molecular complexity index is 489. The van der Waals surface area contributed by atoms with E-state index in [1.54, 1.807) is 13.1 Å². The fraction of sp³-hybridized carbons (Fsp3) is 0.643. The summed E-state index contributed by atoms with van der Waals surface area (Å²) in [6.45, 7) is 1.84. The number of carbonyl (C=O) groups is 2. The summed E-state index contributed by atoms with van der Waals surface area (Å²) in [4.78, 5) is 23.7. The fourth-order valence-corrected chi connectivity index (χ4v) is 2.60. The molecule has 110 valence electrons. The minimum Gasteiger partial charge on any atom is -0.352 e. The van der Waals surface area contributed by atoms with Crippen LogP contribution in [-0.4, -0.2) is 34.2 Å². The summed E-state index contributed by atoms with van der Waals surface area (Å²) in [6, 6.07) is 1.97. The van der Waals surface area contributed by atoms with E-state index < -0.39 is 0 Å². The third-order valence-corrected chi connectivity index (χ3v) is 3.61. The van der Waals surface area contributed by atoms with Crippen molar-refractivity contribution in [2.24, 2.45) is 7.05 Å². The predicted octanol–water partition coefficient (Wildman–Crippen LogP) is 0.907. The molecule has 2 rings (SSSR count). The molecule has 0 unspecified atom stereocenters.